The maximum Gasteiger partial charge on any atom is 0.253 e. The Balaban J connectivity index is 1.64. The highest BCUT2D eigenvalue weighted by Crippen LogP contribution is 2.39. The normalized spacial score (nSPS) is 25.4. The first-order valence-electron chi connectivity index (χ1n) is 11.0. The van der Waals surface area contributed by atoms with Gasteiger partial charge in [-0.25, -0.2) is 0 Å². The van der Waals surface area contributed by atoms with Crippen LogP contribution in [0.2, 0.25) is 0 Å². The molecule has 1 aliphatic carbocycles. The minimum atomic E-state index is 0.0172. The molecule has 0 aromatic heterocycles. The third kappa shape index (κ3) is 4.09. The molecular formula is C25H33N3O2. The molecule has 0 saturated carbocycles. The first kappa shape index (κ1) is 20.9. The summed E-state index contributed by atoms with van der Waals surface area (Å²) in [5.74, 6) is 0.480. The molecule has 30 heavy (non-hydrogen) atoms. The largest absolute Gasteiger partial charge is 0.512 e. The van der Waals surface area contributed by atoms with Crippen LogP contribution in [0.15, 0.2) is 60.4 Å². The predicted octanol–water partition coefficient (Wildman–Crippen LogP) is 3.93. The van der Waals surface area contributed by atoms with E-state index in [1.165, 1.54) is 24.0 Å². The van der Waals surface area contributed by atoms with E-state index in [0.717, 1.165) is 26.1 Å². The minimum Gasteiger partial charge on any atom is -0.512 e. The third-order valence-corrected chi connectivity index (χ3v) is 6.68. The highest BCUT2D eigenvalue weighted by atomic mass is 16.3. The second kappa shape index (κ2) is 8.78. The van der Waals surface area contributed by atoms with Gasteiger partial charge in [0.25, 0.3) is 5.91 Å². The predicted molar refractivity (Wildman–Crippen MR) is 121 cm³/mol. The number of amides is 1. The van der Waals surface area contributed by atoms with Crippen molar-refractivity contribution < 1.29 is 9.90 Å². The summed E-state index contributed by atoms with van der Waals surface area (Å²) < 4.78 is 0. The first-order chi connectivity index (χ1) is 14.5. The number of hydrogen-bond donors (Lipinski definition) is 1. The smallest absolute Gasteiger partial charge is 0.253 e. The lowest BCUT2D eigenvalue weighted by Gasteiger charge is -2.44. The summed E-state index contributed by atoms with van der Waals surface area (Å²) in [6, 6.07) is 9.24. The number of fused-ring (bicyclic) bond motifs is 2. The number of benzene rings is 1. The van der Waals surface area contributed by atoms with Gasteiger partial charge in [-0.1, -0.05) is 24.3 Å². The number of carbonyl (C=O) groups is 1. The summed E-state index contributed by atoms with van der Waals surface area (Å²) in [5, 5.41) is 10.2. The zero-order valence-corrected chi connectivity index (χ0v) is 18.1. The van der Waals surface area contributed by atoms with E-state index in [9.17, 15) is 9.90 Å². The Kier molecular flexibility index (Phi) is 6.11. The molecule has 1 aromatic carbocycles. The maximum absolute atomic E-state index is 12.3. The van der Waals surface area contributed by atoms with Crippen molar-refractivity contribution in [2.45, 2.75) is 43.8 Å². The van der Waals surface area contributed by atoms with Gasteiger partial charge in [-0.05, 0) is 48.6 Å². The molecule has 0 radical (unpaired) electrons. The van der Waals surface area contributed by atoms with Crippen molar-refractivity contribution in [3.8, 4) is 0 Å². The van der Waals surface area contributed by atoms with Crippen LogP contribution in [0, 0.1) is 0 Å². The highest BCUT2D eigenvalue weighted by molar-refractivity contribution is 5.93. The van der Waals surface area contributed by atoms with Crippen LogP contribution in [0.25, 0.3) is 0 Å². The van der Waals surface area contributed by atoms with Crippen molar-refractivity contribution in [2.24, 2.45) is 0 Å². The molecule has 3 unspecified atom stereocenters. The van der Waals surface area contributed by atoms with Crippen LogP contribution < -0.4 is 0 Å². The molecule has 4 rings (SSSR count). The van der Waals surface area contributed by atoms with Crippen molar-refractivity contribution >= 4 is 5.91 Å². The Hall–Kier alpha value is -2.37. The van der Waals surface area contributed by atoms with Gasteiger partial charge in [0.2, 0.25) is 0 Å². The van der Waals surface area contributed by atoms with Gasteiger partial charge in [0.15, 0.2) is 0 Å². The fourth-order valence-corrected chi connectivity index (χ4v) is 5.26. The number of carbonyl (C=O) groups excluding carboxylic acids is 1. The van der Waals surface area contributed by atoms with Crippen molar-refractivity contribution in [3.05, 3.63) is 71.5 Å². The lowest BCUT2D eigenvalue weighted by Crippen LogP contribution is -2.54. The molecule has 2 fully saturated rings. The molecule has 0 spiro atoms. The Morgan fingerprint density at radius 1 is 1.23 bits per heavy atom. The Morgan fingerprint density at radius 3 is 2.47 bits per heavy atom. The summed E-state index contributed by atoms with van der Waals surface area (Å²) >= 11 is 0. The number of nitrogens with zero attached hydrogens (tertiary/aromatic N) is 3. The van der Waals surface area contributed by atoms with Gasteiger partial charge in [0.1, 0.15) is 0 Å². The number of hydrogen-bond acceptors (Lipinski definition) is 4. The fraction of sp³-hybridized carbons (Fsp3) is 0.480. The lowest BCUT2D eigenvalue weighted by atomic mass is 9.90. The summed E-state index contributed by atoms with van der Waals surface area (Å²) in [6.45, 7) is 6.92. The molecule has 3 aliphatic rings. The molecule has 2 heterocycles. The molecule has 160 valence electrons. The van der Waals surface area contributed by atoms with Gasteiger partial charge >= 0.3 is 0 Å². The van der Waals surface area contributed by atoms with Crippen LogP contribution in [0.5, 0.6) is 0 Å². The third-order valence-electron chi connectivity index (χ3n) is 6.68. The molecule has 2 bridgehead atoms. The molecular weight excluding hydrogens is 374 g/mol. The average molecular weight is 408 g/mol. The fourth-order valence-electron chi connectivity index (χ4n) is 5.26. The Labute approximate surface area is 180 Å². The minimum absolute atomic E-state index is 0.0172. The summed E-state index contributed by atoms with van der Waals surface area (Å²) in [7, 11) is 3.55. The van der Waals surface area contributed by atoms with Gasteiger partial charge in [-0.3, -0.25) is 14.6 Å². The molecule has 2 aliphatic heterocycles. The summed E-state index contributed by atoms with van der Waals surface area (Å²) in [6.07, 6.45) is 10.3. The standard InChI is InChI=1S/C25H33N3O2/c1-4-14-28-21-12-13-22(28)17-27(16-21)24(20-6-5-7-23(29)15-20)18-8-10-19(11-9-18)25(30)26(2)3/h4,6,8-11,15,21-22,24,29H,1,5,7,12-14,16-17H2,2-3H3. The number of rotatable bonds is 6. The molecule has 1 aromatic rings. The van der Waals surface area contributed by atoms with Crippen molar-refractivity contribution in [1.82, 2.24) is 14.7 Å². The zero-order valence-electron chi connectivity index (χ0n) is 18.1. The number of piperazine rings is 1. The van der Waals surface area contributed by atoms with Gasteiger partial charge in [-0.2, -0.15) is 0 Å². The van der Waals surface area contributed by atoms with Crippen LogP contribution in [-0.4, -0.2) is 71.5 Å². The second-order valence-corrected chi connectivity index (χ2v) is 8.93. The number of likely N-dealkylation sites (tertiary alicyclic amines) is 1. The van der Waals surface area contributed by atoms with Crippen LogP contribution >= 0.6 is 0 Å². The van der Waals surface area contributed by atoms with Crippen molar-refractivity contribution in [2.75, 3.05) is 33.7 Å². The second-order valence-electron chi connectivity index (χ2n) is 8.93. The topological polar surface area (TPSA) is 47.0 Å². The molecule has 5 nitrogen and oxygen atoms in total. The van der Waals surface area contributed by atoms with E-state index in [1.54, 1.807) is 19.0 Å². The van der Waals surface area contributed by atoms with Crippen molar-refractivity contribution in [1.29, 1.82) is 0 Å². The van der Waals surface area contributed by atoms with E-state index < -0.39 is 0 Å². The molecule has 1 amide bonds. The van der Waals surface area contributed by atoms with E-state index in [2.05, 4.69) is 34.6 Å². The molecule has 2 saturated heterocycles. The average Bonchev–Trinajstić information content (AvgIpc) is 2.96. The quantitative estimate of drug-likeness (QED) is 0.726. The zero-order chi connectivity index (χ0) is 21.3. The Morgan fingerprint density at radius 2 is 1.90 bits per heavy atom. The van der Waals surface area contributed by atoms with E-state index in [1.807, 2.05) is 24.3 Å². The molecule has 1 N–H and O–H groups in total. The lowest BCUT2D eigenvalue weighted by molar-refractivity contribution is 0.0578. The number of aliphatic hydroxyl groups excluding tert-OH is 1. The Bertz CT molecular complexity index is 842. The first-order valence-corrected chi connectivity index (χ1v) is 11.0. The van der Waals surface area contributed by atoms with E-state index in [4.69, 9.17) is 0 Å². The van der Waals surface area contributed by atoms with Crippen LogP contribution in [0.1, 0.15) is 47.6 Å². The van der Waals surface area contributed by atoms with E-state index in [-0.39, 0.29) is 11.9 Å². The van der Waals surface area contributed by atoms with E-state index >= 15 is 0 Å². The van der Waals surface area contributed by atoms with Crippen LogP contribution in [0.3, 0.4) is 0 Å². The van der Waals surface area contributed by atoms with Gasteiger partial charge in [-0.15, -0.1) is 6.58 Å². The highest BCUT2D eigenvalue weighted by Gasteiger charge is 2.42. The van der Waals surface area contributed by atoms with Gasteiger partial charge in [0, 0.05) is 57.8 Å². The summed E-state index contributed by atoms with van der Waals surface area (Å²) in [4.78, 5) is 19.1. The molecule has 3 atom stereocenters. The van der Waals surface area contributed by atoms with Gasteiger partial charge in [0.05, 0.1) is 11.8 Å². The van der Waals surface area contributed by atoms with Gasteiger partial charge < -0.3 is 10.0 Å². The van der Waals surface area contributed by atoms with E-state index in [0.29, 0.717) is 29.8 Å². The number of aliphatic hydroxyl groups is 1. The van der Waals surface area contributed by atoms with Crippen molar-refractivity contribution in [3.63, 3.8) is 0 Å². The monoisotopic (exact) mass is 407 g/mol. The SMILES string of the molecule is C=CCN1C2CCC1CN(C(C1=CCCC(O)=C1)c1ccc(C(=O)N(C)C)cc1)C2. The van der Waals surface area contributed by atoms with Crippen LogP contribution in [0.4, 0.5) is 0 Å². The van der Waals surface area contributed by atoms with Crippen LogP contribution in [-0.2, 0) is 0 Å². The maximum atomic E-state index is 12.3. The molecule has 5 heteroatoms. The number of allylic oxidation sites excluding steroid dienone is 2. The summed E-state index contributed by atoms with van der Waals surface area (Å²) in [5.41, 5.74) is 3.05.